The van der Waals surface area contributed by atoms with Crippen molar-refractivity contribution in [2.24, 2.45) is 0 Å². The normalized spacial score (nSPS) is 12.7. The minimum absolute atomic E-state index is 0.139. The van der Waals surface area contributed by atoms with Crippen LogP contribution in [0.3, 0.4) is 0 Å². The number of rotatable bonds is 7. The molecule has 0 unspecified atom stereocenters. The van der Waals surface area contributed by atoms with Crippen molar-refractivity contribution >= 4 is 22.8 Å². The third-order valence-corrected chi connectivity index (χ3v) is 7.77. The van der Waals surface area contributed by atoms with Crippen molar-refractivity contribution in [3.63, 3.8) is 0 Å². The third kappa shape index (κ3) is 4.96. The van der Waals surface area contributed by atoms with E-state index in [-0.39, 0.29) is 11.7 Å². The molecular weight excluding hydrogens is 500 g/mol. The van der Waals surface area contributed by atoms with Crippen LogP contribution in [-0.2, 0) is 25.9 Å². The average Bonchev–Trinajstić information content (AvgIpc) is 3.29. The number of aromatic nitrogens is 1. The molecule has 1 heterocycles. The van der Waals surface area contributed by atoms with E-state index < -0.39 is 5.97 Å². The molecule has 0 aliphatic heterocycles. The molecule has 40 heavy (non-hydrogen) atoms. The minimum atomic E-state index is -0.933. The highest BCUT2D eigenvalue weighted by molar-refractivity contribution is 5.99. The first kappa shape index (κ1) is 25.4. The lowest BCUT2D eigenvalue weighted by Crippen LogP contribution is -2.22. The molecule has 0 saturated heterocycles. The number of amides is 1. The van der Waals surface area contributed by atoms with Gasteiger partial charge in [-0.1, -0.05) is 54.6 Å². The van der Waals surface area contributed by atoms with Crippen molar-refractivity contribution < 1.29 is 19.8 Å². The topological polar surface area (TPSA) is 91.6 Å². The highest BCUT2D eigenvalue weighted by Gasteiger charge is 2.21. The SMILES string of the molecule is O=C(NCc1cccc(O)c1)c1ccc2c(c1)c1c(n2Cc2ccc(-c3ccccc3C(=O)O)cc2)CCCC1. The van der Waals surface area contributed by atoms with Crippen molar-refractivity contribution in [1.29, 1.82) is 0 Å². The Bertz CT molecular complexity index is 1730. The Morgan fingerprint density at radius 2 is 1.62 bits per heavy atom. The molecule has 0 radical (unpaired) electrons. The Morgan fingerprint density at radius 1 is 0.825 bits per heavy atom. The van der Waals surface area contributed by atoms with E-state index >= 15 is 0 Å². The summed E-state index contributed by atoms with van der Waals surface area (Å²) < 4.78 is 2.37. The number of aryl methyl sites for hydroxylation is 1. The Morgan fingerprint density at radius 3 is 2.42 bits per heavy atom. The van der Waals surface area contributed by atoms with Gasteiger partial charge in [0.2, 0.25) is 0 Å². The molecule has 0 saturated carbocycles. The average molecular weight is 531 g/mol. The molecule has 4 aromatic carbocycles. The number of hydrogen-bond donors (Lipinski definition) is 3. The van der Waals surface area contributed by atoms with Crippen LogP contribution in [-0.4, -0.2) is 26.7 Å². The number of hydrogen-bond acceptors (Lipinski definition) is 3. The van der Waals surface area contributed by atoms with Gasteiger partial charge in [0.1, 0.15) is 5.75 Å². The molecule has 1 aromatic heterocycles. The number of nitrogens with one attached hydrogen (secondary N) is 1. The molecule has 0 fully saturated rings. The van der Waals surface area contributed by atoms with E-state index in [9.17, 15) is 19.8 Å². The first-order valence-electron chi connectivity index (χ1n) is 13.6. The second-order valence-electron chi connectivity index (χ2n) is 10.4. The van der Waals surface area contributed by atoms with Crippen molar-refractivity contribution in [1.82, 2.24) is 9.88 Å². The van der Waals surface area contributed by atoms with Gasteiger partial charge in [-0.2, -0.15) is 0 Å². The van der Waals surface area contributed by atoms with E-state index in [0.717, 1.165) is 53.3 Å². The molecule has 1 amide bonds. The molecule has 0 atom stereocenters. The van der Waals surface area contributed by atoms with E-state index in [4.69, 9.17) is 0 Å². The number of fused-ring (bicyclic) bond motifs is 3. The summed E-state index contributed by atoms with van der Waals surface area (Å²) in [7, 11) is 0. The lowest BCUT2D eigenvalue weighted by Gasteiger charge is -2.16. The molecule has 6 nitrogen and oxygen atoms in total. The molecule has 6 heteroatoms. The fourth-order valence-corrected chi connectivity index (χ4v) is 5.80. The Hall–Kier alpha value is -4.84. The number of benzene rings is 4. The third-order valence-electron chi connectivity index (χ3n) is 7.77. The second-order valence-corrected chi connectivity index (χ2v) is 10.4. The monoisotopic (exact) mass is 530 g/mol. The second kappa shape index (κ2) is 10.7. The number of carbonyl (C=O) groups excluding carboxylic acids is 1. The highest BCUT2D eigenvalue weighted by Crippen LogP contribution is 2.34. The summed E-state index contributed by atoms with van der Waals surface area (Å²) in [5, 5.41) is 23.4. The smallest absolute Gasteiger partial charge is 0.336 e. The van der Waals surface area contributed by atoms with Crippen LogP contribution in [0.15, 0.2) is 91.0 Å². The van der Waals surface area contributed by atoms with Gasteiger partial charge in [-0.05, 0) is 89.9 Å². The lowest BCUT2D eigenvalue weighted by atomic mass is 9.95. The van der Waals surface area contributed by atoms with Crippen LogP contribution < -0.4 is 5.32 Å². The first-order valence-corrected chi connectivity index (χ1v) is 13.6. The maximum atomic E-state index is 13.0. The summed E-state index contributed by atoms with van der Waals surface area (Å²) in [6.07, 6.45) is 4.29. The number of carbonyl (C=O) groups is 2. The van der Waals surface area contributed by atoms with Crippen LogP contribution in [0.1, 0.15) is 55.9 Å². The summed E-state index contributed by atoms with van der Waals surface area (Å²) in [6, 6.07) is 28.0. The van der Waals surface area contributed by atoms with Crippen LogP contribution in [0.25, 0.3) is 22.0 Å². The number of aromatic carboxylic acids is 1. The molecule has 6 rings (SSSR count). The summed E-state index contributed by atoms with van der Waals surface area (Å²) >= 11 is 0. The molecule has 1 aliphatic carbocycles. The van der Waals surface area contributed by atoms with E-state index in [0.29, 0.717) is 29.8 Å². The Balaban J connectivity index is 1.28. The Kier molecular flexibility index (Phi) is 6.83. The van der Waals surface area contributed by atoms with Gasteiger partial charge < -0.3 is 20.1 Å². The molecule has 1 aliphatic rings. The number of phenolic OH excluding ortho intramolecular Hbond substituents is 1. The van der Waals surface area contributed by atoms with Crippen LogP contribution in [0.4, 0.5) is 0 Å². The predicted molar refractivity (Wildman–Crippen MR) is 156 cm³/mol. The van der Waals surface area contributed by atoms with Crippen molar-refractivity contribution in [3.05, 3.63) is 125 Å². The Labute approximate surface area is 232 Å². The van der Waals surface area contributed by atoms with Gasteiger partial charge in [0.25, 0.3) is 5.91 Å². The minimum Gasteiger partial charge on any atom is -0.508 e. The maximum absolute atomic E-state index is 13.0. The van der Waals surface area contributed by atoms with Crippen LogP contribution in [0.5, 0.6) is 5.75 Å². The van der Waals surface area contributed by atoms with Crippen molar-refractivity contribution in [2.45, 2.75) is 38.8 Å². The number of aromatic hydroxyl groups is 1. The molecule has 0 bridgehead atoms. The first-order chi connectivity index (χ1) is 19.5. The van der Waals surface area contributed by atoms with Gasteiger partial charge in [0, 0.05) is 35.2 Å². The standard InChI is InChI=1S/C34H30N2O4/c37-26-7-5-6-23(18-26)20-35-33(38)25-16-17-32-30(19-25)28-9-3-4-11-31(28)36(32)21-22-12-14-24(15-13-22)27-8-1-2-10-29(27)34(39)40/h1-2,5-8,10,12-19,37H,3-4,9,11,20-21H2,(H,35,38)(H,39,40). The van der Waals surface area contributed by atoms with Gasteiger partial charge in [0.05, 0.1) is 5.56 Å². The molecule has 200 valence electrons. The van der Waals surface area contributed by atoms with Gasteiger partial charge in [-0.15, -0.1) is 0 Å². The summed E-state index contributed by atoms with van der Waals surface area (Å²) in [5.74, 6) is -0.891. The van der Waals surface area contributed by atoms with Gasteiger partial charge in [-0.3, -0.25) is 4.79 Å². The predicted octanol–water partition coefficient (Wildman–Crippen LogP) is 6.57. The number of carboxylic acid groups (broad SMARTS) is 1. The molecular formula is C34H30N2O4. The largest absolute Gasteiger partial charge is 0.508 e. The van der Waals surface area contributed by atoms with Crippen LogP contribution >= 0.6 is 0 Å². The van der Waals surface area contributed by atoms with Crippen molar-refractivity contribution in [2.75, 3.05) is 0 Å². The lowest BCUT2D eigenvalue weighted by molar-refractivity contribution is 0.0697. The zero-order valence-electron chi connectivity index (χ0n) is 22.1. The molecule has 0 spiro atoms. The fraction of sp³-hybridized carbons (Fsp3) is 0.176. The zero-order chi connectivity index (χ0) is 27.6. The van der Waals surface area contributed by atoms with E-state index in [1.54, 1.807) is 30.3 Å². The zero-order valence-corrected chi connectivity index (χ0v) is 22.1. The quantitative estimate of drug-likeness (QED) is 0.222. The summed E-state index contributed by atoms with van der Waals surface area (Å²) in [6.45, 7) is 1.05. The van der Waals surface area contributed by atoms with Crippen LogP contribution in [0.2, 0.25) is 0 Å². The number of carboxylic acids is 1. The van der Waals surface area contributed by atoms with E-state index in [1.807, 2.05) is 48.5 Å². The van der Waals surface area contributed by atoms with Gasteiger partial charge in [-0.25, -0.2) is 4.79 Å². The van der Waals surface area contributed by atoms with Gasteiger partial charge in [0.15, 0.2) is 0 Å². The van der Waals surface area contributed by atoms with E-state index in [2.05, 4.69) is 22.0 Å². The summed E-state index contributed by atoms with van der Waals surface area (Å²) in [4.78, 5) is 24.7. The van der Waals surface area contributed by atoms with Gasteiger partial charge >= 0.3 is 5.97 Å². The molecule has 5 aromatic rings. The highest BCUT2D eigenvalue weighted by atomic mass is 16.4. The fourth-order valence-electron chi connectivity index (χ4n) is 5.80. The molecule has 3 N–H and O–H groups in total. The number of phenols is 1. The number of nitrogens with zero attached hydrogens (tertiary/aromatic N) is 1. The van der Waals surface area contributed by atoms with Crippen molar-refractivity contribution in [3.8, 4) is 16.9 Å². The summed E-state index contributed by atoms with van der Waals surface area (Å²) in [5.41, 5.74) is 8.27. The van der Waals surface area contributed by atoms with E-state index in [1.165, 1.54) is 11.3 Å². The van der Waals surface area contributed by atoms with Crippen LogP contribution in [0, 0.1) is 0 Å². The maximum Gasteiger partial charge on any atom is 0.336 e.